The maximum atomic E-state index is 12.4. The summed E-state index contributed by atoms with van der Waals surface area (Å²) in [6.07, 6.45) is 25.4. The van der Waals surface area contributed by atoms with Crippen molar-refractivity contribution in [3.63, 3.8) is 0 Å². The molecular formula is C34H64O6. The summed E-state index contributed by atoms with van der Waals surface area (Å²) in [4.78, 5) is 36.9. The first kappa shape index (κ1) is 38.4. The molecule has 6 nitrogen and oxygen atoms in total. The molecule has 0 heterocycles. The van der Waals surface area contributed by atoms with E-state index < -0.39 is 6.10 Å². The summed E-state index contributed by atoms with van der Waals surface area (Å²) in [5.74, 6) is -0.889. The van der Waals surface area contributed by atoms with Crippen molar-refractivity contribution in [1.82, 2.24) is 0 Å². The van der Waals surface area contributed by atoms with Gasteiger partial charge in [-0.15, -0.1) is 0 Å². The van der Waals surface area contributed by atoms with Gasteiger partial charge in [-0.1, -0.05) is 143 Å². The van der Waals surface area contributed by atoms with E-state index in [0.717, 1.165) is 57.8 Å². The molecular weight excluding hydrogens is 504 g/mol. The highest BCUT2D eigenvalue weighted by atomic mass is 16.6. The zero-order valence-corrected chi connectivity index (χ0v) is 26.6. The van der Waals surface area contributed by atoms with Crippen LogP contribution in [-0.4, -0.2) is 37.2 Å². The Morgan fingerprint density at radius 3 is 1.00 bits per heavy atom. The minimum absolute atomic E-state index is 0.0662. The third-order valence-corrected chi connectivity index (χ3v) is 7.36. The van der Waals surface area contributed by atoms with Gasteiger partial charge < -0.3 is 14.2 Å². The van der Waals surface area contributed by atoms with Gasteiger partial charge in [0.2, 0.25) is 0 Å². The third kappa shape index (κ3) is 28.0. The van der Waals surface area contributed by atoms with Crippen molar-refractivity contribution >= 4 is 17.9 Å². The fraction of sp³-hybridized carbons (Fsp3) is 0.912. The quantitative estimate of drug-likeness (QED) is 0.0487. The molecule has 0 aliphatic rings. The van der Waals surface area contributed by atoms with Crippen LogP contribution >= 0.6 is 0 Å². The van der Waals surface area contributed by atoms with Gasteiger partial charge >= 0.3 is 17.9 Å². The van der Waals surface area contributed by atoms with Crippen molar-refractivity contribution in [3.05, 3.63) is 0 Å². The Hall–Kier alpha value is -1.59. The summed E-state index contributed by atoms with van der Waals surface area (Å²) in [7, 11) is 0. The van der Waals surface area contributed by atoms with Gasteiger partial charge in [-0.2, -0.15) is 0 Å². The number of hydrogen-bond acceptors (Lipinski definition) is 6. The van der Waals surface area contributed by atoms with Crippen molar-refractivity contribution in [2.24, 2.45) is 0 Å². The Kier molecular flexibility index (Phi) is 29.2. The molecule has 0 aromatic rings. The van der Waals surface area contributed by atoms with E-state index in [1.54, 1.807) is 0 Å². The zero-order valence-electron chi connectivity index (χ0n) is 26.6. The van der Waals surface area contributed by atoms with Crippen molar-refractivity contribution in [2.75, 3.05) is 13.2 Å². The highest BCUT2D eigenvalue weighted by molar-refractivity contribution is 5.71. The highest BCUT2D eigenvalue weighted by Gasteiger charge is 2.19. The minimum Gasteiger partial charge on any atom is -0.462 e. The van der Waals surface area contributed by atoms with Gasteiger partial charge in [0, 0.05) is 19.3 Å². The molecule has 0 bridgehead atoms. The molecule has 1 atom stereocenters. The Bertz CT molecular complexity index is 591. The van der Waals surface area contributed by atoms with Crippen LogP contribution < -0.4 is 0 Å². The normalized spacial score (nSPS) is 11.8. The van der Waals surface area contributed by atoms with E-state index in [9.17, 15) is 14.4 Å². The van der Waals surface area contributed by atoms with Crippen molar-refractivity contribution in [3.8, 4) is 0 Å². The van der Waals surface area contributed by atoms with Crippen LogP contribution in [0.25, 0.3) is 0 Å². The maximum absolute atomic E-state index is 12.4. The molecule has 0 aromatic heterocycles. The number of unbranched alkanes of at least 4 members (excludes halogenated alkanes) is 19. The van der Waals surface area contributed by atoms with Crippen LogP contribution in [0.15, 0.2) is 0 Å². The molecule has 0 aliphatic carbocycles. The van der Waals surface area contributed by atoms with Gasteiger partial charge in [-0.05, 0) is 19.3 Å². The van der Waals surface area contributed by atoms with Gasteiger partial charge in [0.25, 0.3) is 0 Å². The van der Waals surface area contributed by atoms with E-state index >= 15 is 0 Å². The Morgan fingerprint density at radius 2 is 0.675 bits per heavy atom. The van der Waals surface area contributed by atoms with Crippen molar-refractivity contribution in [1.29, 1.82) is 0 Å². The van der Waals surface area contributed by atoms with Crippen molar-refractivity contribution in [2.45, 2.75) is 187 Å². The second-order valence-electron chi connectivity index (χ2n) is 11.4. The third-order valence-electron chi connectivity index (χ3n) is 7.36. The van der Waals surface area contributed by atoms with E-state index in [0.29, 0.717) is 19.3 Å². The molecule has 6 heteroatoms. The Labute approximate surface area is 247 Å². The summed E-state index contributed by atoms with van der Waals surface area (Å²) in [5.41, 5.74) is 0. The minimum atomic E-state index is -0.752. The average Bonchev–Trinajstić information content (AvgIpc) is 2.94. The summed E-state index contributed by atoms with van der Waals surface area (Å²) in [6, 6.07) is 0. The molecule has 0 N–H and O–H groups in total. The molecule has 0 fully saturated rings. The fourth-order valence-electron chi connectivity index (χ4n) is 4.73. The van der Waals surface area contributed by atoms with Gasteiger partial charge in [0.1, 0.15) is 13.2 Å². The summed E-state index contributed by atoms with van der Waals surface area (Å²) < 4.78 is 16.4. The molecule has 1 unspecified atom stereocenters. The number of carbonyl (C=O) groups excluding carboxylic acids is 3. The van der Waals surface area contributed by atoms with E-state index in [1.807, 2.05) is 0 Å². The molecule has 0 amide bonds. The summed E-state index contributed by atoms with van der Waals surface area (Å²) in [6.45, 7) is 6.48. The van der Waals surface area contributed by atoms with Crippen LogP contribution in [0.5, 0.6) is 0 Å². The first-order chi connectivity index (χ1) is 19.5. The molecule has 0 aromatic carbocycles. The summed E-state index contributed by atoms with van der Waals surface area (Å²) in [5, 5.41) is 0. The first-order valence-corrected chi connectivity index (χ1v) is 17.0. The number of hydrogen-bond donors (Lipinski definition) is 0. The van der Waals surface area contributed by atoms with E-state index in [1.165, 1.54) is 83.5 Å². The van der Waals surface area contributed by atoms with Crippen LogP contribution in [-0.2, 0) is 28.6 Å². The summed E-state index contributed by atoms with van der Waals surface area (Å²) >= 11 is 0. The predicted octanol–water partition coefficient (Wildman–Crippen LogP) is 9.80. The van der Waals surface area contributed by atoms with Crippen LogP contribution in [0.1, 0.15) is 181 Å². The molecule has 40 heavy (non-hydrogen) atoms. The van der Waals surface area contributed by atoms with E-state index in [4.69, 9.17) is 14.2 Å². The molecule has 0 saturated carbocycles. The molecule has 0 spiro atoms. The number of esters is 3. The number of rotatable bonds is 30. The monoisotopic (exact) mass is 568 g/mol. The molecule has 236 valence electrons. The lowest BCUT2D eigenvalue weighted by atomic mass is 10.1. The lowest BCUT2D eigenvalue weighted by molar-refractivity contribution is -0.167. The molecule has 0 aliphatic heterocycles. The van der Waals surface area contributed by atoms with Crippen LogP contribution in [0.2, 0.25) is 0 Å². The number of ether oxygens (including phenoxy) is 3. The topological polar surface area (TPSA) is 78.9 Å². The lowest BCUT2D eigenvalue weighted by Crippen LogP contribution is -2.30. The number of carbonyl (C=O) groups is 3. The highest BCUT2D eigenvalue weighted by Crippen LogP contribution is 2.13. The largest absolute Gasteiger partial charge is 0.462 e. The average molecular weight is 569 g/mol. The van der Waals surface area contributed by atoms with E-state index in [2.05, 4.69) is 20.8 Å². The van der Waals surface area contributed by atoms with Gasteiger partial charge in [-0.3, -0.25) is 14.4 Å². The Balaban J connectivity index is 4.33. The molecule has 0 radical (unpaired) electrons. The second kappa shape index (κ2) is 30.4. The van der Waals surface area contributed by atoms with Crippen LogP contribution in [0.4, 0.5) is 0 Å². The van der Waals surface area contributed by atoms with Crippen LogP contribution in [0, 0.1) is 0 Å². The lowest BCUT2D eigenvalue weighted by Gasteiger charge is -2.18. The molecule has 0 saturated heterocycles. The van der Waals surface area contributed by atoms with E-state index in [-0.39, 0.29) is 31.1 Å². The van der Waals surface area contributed by atoms with Crippen LogP contribution in [0.3, 0.4) is 0 Å². The predicted molar refractivity (Wildman–Crippen MR) is 164 cm³/mol. The first-order valence-electron chi connectivity index (χ1n) is 17.0. The fourth-order valence-corrected chi connectivity index (χ4v) is 4.73. The van der Waals surface area contributed by atoms with Crippen molar-refractivity contribution < 1.29 is 28.6 Å². The van der Waals surface area contributed by atoms with Gasteiger partial charge in [0.15, 0.2) is 6.10 Å². The smallest absolute Gasteiger partial charge is 0.306 e. The zero-order chi connectivity index (χ0) is 29.5. The SMILES string of the molecule is CCCCCCCCCCCC(=O)OCC(COC(=O)CCCCCCCC)OC(=O)CCCCCCCCC. The van der Waals surface area contributed by atoms with Gasteiger partial charge in [0.05, 0.1) is 0 Å². The molecule has 0 rings (SSSR count). The van der Waals surface area contributed by atoms with Gasteiger partial charge in [-0.25, -0.2) is 0 Å². The standard InChI is InChI=1S/C34H64O6/c1-4-7-10-13-16-17-19-21-24-27-33(36)39-30-31(29-38-32(35)26-23-20-15-12-9-6-3)40-34(37)28-25-22-18-14-11-8-5-2/h31H,4-30H2,1-3H3. The second-order valence-corrected chi connectivity index (χ2v) is 11.4. The maximum Gasteiger partial charge on any atom is 0.306 e. The Morgan fingerprint density at radius 1 is 0.400 bits per heavy atom.